The summed E-state index contributed by atoms with van der Waals surface area (Å²) in [4.78, 5) is 12.4. The van der Waals surface area contributed by atoms with Crippen LogP contribution >= 0.6 is 0 Å². The molecule has 0 atom stereocenters. The summed E-state index contributed by atoms with van der Waals surface area (Å²) in [5, 5.41) is 0.928. The van der Waals surface area contributed by atoms with E-state index >= 15 is 0 Å². The number of anilines is 1. The Bertz CT molecular complexity index is 464. The van der Waals surface area contributed by atoms with Crippen LogP contribution in [-0.4, -0.2) is 15.0 Å². The van der Waals surface area contributed by atoms with Crippen molar-refractivity contribution in [2.75, 3.05) is 5.73 Å². The smallest absolute Gasteiger partial charge is 0.165 e. The van der Waals surface area contributed by atoms with Crippen molar-refractivity contribution in [2.24, 2.45) is 0 Å². The first-order chi connectivity index (χ1) is 6.16. The van der Waals surface area contributed by atoms with Gasteiger partial charge in [0.15, 0.2) is 5.65 Å². The van der Waals surface area contributed by atoms with Gasteiger partial charge in [0, 0.05) is 11.6 Å². The fourth-order valence-corrected chi connectivity index (χ4v) is 1.17. The zero-order valence-electron chi connectivity index (χ0n) is 7.57. The molecule has 66 valence electrons. The number of nitrogen functional groups attached to an aromatic ring is 1. The van der Waals surface area contributed by atoms with Crippen LogP contribution in [0.1, 0.15) is 11.4 Å². The Morgan fingerprint density at radius 1 is 1.23 bits per heavy atom. The monoisotopic (exact) mass is 174 g/mol. The third kappa shape index (κ3) is 1.30. The Kier molecular flexibility index (Phi) is 1.62. The number of aryl methyl sites for hydroxylation is 2. The maximum atomic E-state index is 5.66. The SMILES string of the molecule is Cc1ncc2cc(C)c(N)nc2n1. The molecule has 4 nitrogen and oxygen atoms in total. The maximum absolute atomic E-state index is 5.66. The van der Waals surface area contributed by atoms with Gasteiger partial charge in [-0.3, -0.25) is 0 Å². The number of fused-ring (bicyclic) bond motifs is 1. The van der Waals surface area contributed by atoms with E-state index in [1.165, 1.54) is 0 Å². The van der Waals surface area contributed by atoms with E-state index in [2.05, 4.69) is 15.0 Å². The van der Waals surface area contributed by atoms with Gasteiger partial charge < -0.3 is 5.73 Å². The highest BCUT2D eigenvalue weighted by Gasteiger charge is 2.01. The van der Waals surface area contributed by atoms with Gasteiger partial charge in [0.25, 0.3) is 0 Å². The predicted octanol–water partition coefficient (Wildman–Crippen LogP) is 1.22. The Morgan fingerprint density at radius 3 is 2.77 bits per heavy atom. The molecule has 2 aromatic rings. The minimum absolute atomic E-state index is 0.533. The van der Waals surface area contributed by atoms with E-state index in [0.717, 1.165) is 10.9 Å². The number of hydrogen-bond acceptors (Lipinski definition) is 4. The van der Waals surface area contributed by atoms with Crippen LogP contribution in [0.5, 0.6) is 0 Å². The van der Waals surface area contributed by atoms with E-state index in [0.29, 0.717) is 17.3 Å². The lowest BCUT2D eigenvalue weighted by Gasteiger charge is -2.01. The van der Waals surface area contributed by atoms with Crippen LogP contribution in [0, 0.1) is 13.8 Å². The molecule has 13 heavy (non-hydrogen) atoms. The van der Waals surface area contributed by atoms with Gasteiger partial charge in [0.05, 0.1) is 0 Å². The van der Waals surface area contributed by atoms with Crippen molar-refractivity contribution in [1.29, 1.82) is 0 Å². The third-order valence-electron chi connectivity index (χ3n) is 1.92. The van der Waals surface area contributed by atoms with E-state index in [1.54, 1.807) is 6.20 Å². The van der Waals surface area contributed by atoms with E-state index in [9.17, 15) is 0 Å². The minimum Gasteiger partial charge on any atom is -0.383 e. The topological polar surface area (TPSA) is 64.7 Å². The predicted molar refractivity (Wildman–Crippen MR) is 51.2 cm³/mol. The first kappa shape index (κ1) is 7.91. The first-order valence-corrected chi connectivity index (χ1v) is 4.03. The molecular formula is C9H10N4. The van der Waals surface area contributed by atoms with Gasteiger partial charge in [-0.2, -0.15) is 0 Å². The molecule has 0 aliphatic rings. The van der Waals surface area contributed by atoms with Gasteiger partial charge in [0.1, 0.15) is 11.6 Å². The summed E-state index contributed by atoms with van der Waals surface area (Å²) in [7, 11) is 0. The lowest BCUT2D eigenvalue weighted by atomic mass is 10.2. The summed E-state index contributed by atoms with van der Waals surface area (Å²) in [5.74, 6) is 1.24. The van der Waals surface area contributed by atoms with Crippen LogP contribution in [0.15, 0.2) is 12.3 Å². The van der Waals surface area contributed by atoms with Gasteiger partial charge in [-0.1, -0.05) is 0 Å². The molecule has 0 amide bonds. The largest absolute Gasteiger partial charge is 0.383 e. The van der Waals surface area contributed by atoms with Crippen molar-refractivity contribution < 1.29 is 0 Å². The zero-order chi connectivity index (χ0) is 9.42. The Morgan fingerprint density at radius 2 is 2.00 bits per heavy atom. The molecule has 0 fully saturated rings. The van der Waals surface area contributed by atoms with Crippen LogP contribution in [0.4, 0.5) is 5.82 Å². The number of pyridine rings is 1. The molecule has 0 spiro atoms. The summed E-state index contributed by atoms with van der Waals surface area (Å²) < 4.78 is 0. The molecule has 0 saturated heterocycles. The molecule has 2 aromatic heterocycles. The second-order valence-corrected chi connectivity index (χ2v) is 3.02. The van der Waals surface area contributed by atoms with E-state index in [4.69, 9.17) is 5.73 Å². The van der Waals surface area contributed by atoms with Crippen LogP contribution in [0.25, 0.3) is 11.0 Å². The van der Waals surface area contributed by atoms with Crippen molar-refractivity contribution in [3.8, 4) is 0 Å². The van der Waals surface area contributed by atoms with E-state index < -0.39 is 0 Å². The Hall–Kier alpha value is -1.71. The number of aromatic nitrogens is 3. The second kappa shape index (κ2) is 2.65. The van der Waals surface area contributed by atoms with Crippen LogP contribution < -0.4 is 5.73 Å². The standard InChI is InChI=1S/C9H10N4/c1-5-3-7-4-11-6(2)12-9(7)13-8(5)10/h3-4H,1-2H3,(H2,10,11,12,13). The van der Waals surface area contributed by atoms with E-state index in [-0.39, 0.29) is 0 Å². The van der Waals surface area contributed by atoms with Gasteiger partial charge in [-0.15, -0.1) is 0 Å². The van der Waals surface area contributed by atoms with Crippen LogP contribution in [-0.2, 0) is 0 Å². The number of nitrogens with two attached hydrogens (primary N) is 1. The van der Waals surface area contributed by atoms with Crippen molar-refractivity contribution in [3.63, 3.8) is 0 Å². The van der Waals surface area contributed by atoms with Crippen molar-refractivity contribution in [3.05, 3.63) is 23.7 Å². The molecule has 2 N–H and O–H groups in total. The van der Waals surface area contributed by atoms with Gasteiger partial charge in [0.2, 0.25) is 0 Å². The fourth-order valence-electron chi connectivity index (χ4n) is 1.17. The van der Waals surface area contributed by atoms with Gasteiger partial charge in [-0.05, 0) is 25.5 Å². The van der Waals surface area contributed by atoms with Gasteiger partial charge >= 0.3 is 0 Å². The minimum atomic E-state index is 0.533. The molecule has 4 heteroatoms. The quantitative estimate of drug-likeness (QED) is 0.652. The second-order valence-electron chi connectivity index (χ2n) is 3.02. The summed E-state index contributed by atoms with van der Waals surface area (Å²) in [6.07, 6.45) is 1.76. The molecular weight excluding hydrogens is 164 g/mol. The molecule has 0 aliphatic heterocycles. The highest BCUT2D eigenvalue weighted by molar-refractivity contribution is 5.76. The van der Waals surface area contributed by atoms with Crippen molar-refractivity contribution >= 4 is 16.9 Å². The molecule has 0 unspecified atom stereocenters. The normalized spacial score (nSPS) is 10.6. The Balaban J connectivity index is 2.81. The summed E-state index contributed by atoms with van der Waals surface area (Å²) in [6.45, 7) is 3.75. The average molecular weight is 174 g/mol. The average Bonchev–Trinajstić information content (AvgIpc) is 2.08. The highest BCUT2D eigenvalue weighted by Crippen LogP contribution is 2.14. The molecule has 0 aromatic carbocycles. The van der Waals surface area contributed by atoms with Crippen LogP contribution in [0.3, 0.4) is 0 Å². The first-order valence-electron chi connectivity index (χ1n) is 4.03. The summed E-state index contributed by atoms with van der Waals surface area (Å²) in [6, 6.07) is 1.94. The Labute approximate surface area is 75.8 Å². The molecule has 0 bridgehead atoms. The van der Waals surface area contributed by atoms with Gasteiger partial charge in [-0.25, -0.2) is 15.0 Å². The molecule has 2 heterocycles. The number of rotatable bonds is 0. The lowest BCUT2D eigenvalue weighted by Crippen LogP contribution is -1.97. The van der Waals surface area contributed by atoms with Crippen molar-refractivity contribution in [2.45, 2.75) is 13.8 Å². The third-order valence-corrected chi connectivity index (χ3v) is 1.92. The lowest BCUT2D eigenvalue weighted by molar-refractivity contribution is 1.07. The van der Waals surface area contributed by atoms with E-state index in [1.807, 2.05) is 19.9 Å². The summed E-state index contributed by atoms with van der Waals surface area (Å²) >= 11 is 0. The van der Waals surface area contributed by atoms with Crippen molar-refractivity contribution in [1.82, 2.24) is 15.0 Å². The van der Waals surface area contributed by atoms with Crippen LogP contribution in [0.2, 0.25) is 0 Å². The number of hydrogen-bond donors (Lipinski definition) is 1. The zero-order valence-corrected chi connectivity index (χ0v) is 7.57. The molecule has 2 rings (SSSR count). The molecule has 0 saturated carbocycles. The fraction of sp³-hybridized carbons (Fsp3) is 0.222. The molecule has 0 aliphatic carbocycles. The number of nitrogens with zero attached hydrogens (tertiary/aromatic N) is 3. The maximum Gasteiger partial charge on any atom is 0.165 e. The summed E-state index contributed by atoms with van der Waals surface area (Å²) in [5.41, 5.74) is 7.29. The molecule has 0 radical (unpaired) electrons. The highest BCUT2D eigenvalue weighted by atomic mass is 15.0.